The van der Waals surface area contributed by atoms with Crippen molar-refractivity contribution in [3.63, 3.8) is 0 Å². The Balaban J connectivity index is 2.28. The highest BCUT2D eigenvalue weighted by atomic mass is 16.3. The summed E-state index contributed by atoms with van der Waals surface area (Å²) in [6, 6.07) is 13.8. The van der Waals surface area contributed by atoms with E-state index >= 15 is 0 Å². The van der Waals surface area contributed by atoms with Crippen molar-refractivity contribution in [3.05, 3.63) is 59.7 Å². The summed E-state index contributed by atoms with van der Waals surface area (Å²) >= 11 is 0. The van der Waals surface area contributed by atoms with Crippen LogP contribution in [0.5, 0.6) is 11.5 Å². The van der Waals surface area contributed by atoms with Crippen LogP contribution >= 0.6 is 0 Å². The van der Waals surface area contributed by atoms with Crippen molar-refractivity contribution in [2.45, 2.75) is 6.42 Å². The highest BCUT2D eigenvalue weighted by molar-refractivity contribution is 6.00. The highest BCUT2D eigenvalue weighted by Crippen LogP contribution is 2.26. The lowest BCUT2D eigenvalue weighted by Gasteiger charge is -2.20. The van der Waals surface area contributed by atoms with Crippen molar-refractivity contribution in [1.82, 2.24) is 4.90 Å². The van der Waals surface area contributed by atoms with E-state index in [0.717, 1.165) is 5.56 Å². The van der Waals surface area contributed by atoms with Gasteiger partial charge in [0.1, 0.15) is 11.5 Å². The van der Waals surface area contributed by atoms with Gasteiger partial charge in [-0.15, -0.1) is 0 Å². The molecule has 22 heavy (non-hydrogen) atoms. The molecule has 2 aromatic rings. The van der Waals surface area contributed by atoms with Gasteiger partial charge in [0.25, 0.3) is 0 Å². The average Bonchev–Trinajstić information content (AvgIpc) is 2.49. The number of benzene rings is 2. The number of aromatic hydroxyl groups is 2. The summed E-state index contributed by atoms with van der Waals surface area (Å²) in [5.74, 6) is -0.569. The maximum absolute atomic E-state index is 12.8. The third kappa shape index (κ3) is 4.09. The molecule has 0 aliphatic carbocycles. The van der Waals surface area contributed by atoms with Gasteiger partial charge in [0, 0.05) is 12.5 Å². The quantitative estimate of drug-likeness (QED) is 0.636. The summed E-state index contributed by atoms with van der Waals surface area (Å²) in [5, 5.41) is 19.5. The molecule has 0 aromatic heterocycles. The van der Waals surface area contributed by atoms with E-state index in [-0.39, 0.29) is 28.8 Å². The molecule has 2 N–H and O–H groups in total. The number of carbonyl (C=O) groups excluding carboxylic acids is 1. The molecule has 1 atom stereocenters. The number of carbonyl (C=O) groups is 1. The van der Waals surface area contributed by atoms with E-state index in [1.807, 2.05) is 49.3 Å². The number of rotatable bonds is 6. The first-order valence-corrected chi connectivity index (χ1v) is 7.22. The van der Waals surface area contributed by atoms with Crippen molar-refractivity contribution < 1.29 is 15.0 Å². The fraction of sp³-hybridized carbons (Fsp3) is 0.278. The zero-order valence-corrected chi connectivity index (χ0v) is 12.9. The number of Topliss-reactive ketones (excluding diaryl/α,β-unsaturated/α-hetero) is 1. The molecule has 0 amide bonds. The highest BCUT2D eigenvalue weighted by Gasteiger charge is 2.24. The Morgan fingerprint density at radius 3 is 2.41 bits per heavy atom. The topological polar surface area (TPSA) is 60.8 Å². The molecular formula is C18H21NO3. The maximum Gasteiger partial charge on any atom is 0.171 e. The zero-order chi connectivity index (χ0) is 16.1. The smallest absolute Gasteiger partial charge is 0.171 e. The molecule has 2 rings (SSSR count). The van der Waals surface area contributed by atoms with Gasteiger partial charge in [0.05, 0.1) is 5.56 Å². The van der Waals surface area contributed by atoms with E-state index in [0.29, 0.717) is 13.0 Å². The number of phenolic OH excluding ortho intramolecular Hbond substituents is 2. The molecule has 2 aromatic carbocycles. The van der Waals surface area contributed by atoms with Crippen molar-refractivity contribution in [3.8, 4) is 11.5 Å². The number of hydrogen-bond acceptors (Lipinski definition) is 4. The van der Waals surface area contributed by atoms with E-state index in [4.69, 9.17) is 0 Å². The second-order valence-corrected chi connectivity index (χ2v) is 5.71. The maximum atomic E-state index is 12.8. The van der Waals surface area contributed by atoms with E-state index < -0.39 is 0 Å². The van der Waals surface area contributed by atoms with Crippen LogP contribution in [0.15, 0.2) is 48.5 Å². The largest absolute Gasteiger partial charge is 0.508 e. The lowest BCUT2D eigenvalue weighted by Crippen LogP contribution is -2.29. The molecule has 0 aliphatic rings. The number of hydrogen-bond donors (Lipinski definition) is 2. The van der Waals surface area contributed by atoms with Gasteiger partial charge in [0.15, 0.2) is 5.78 Å². The molecule has 4 nitrogen and oxygen atoms in total. The molecule has 116 valence electrons. The number of ketones is 1. The van der Waals surface area contributed by atoms with Crippen molar-refractivity contribution in [2.24, 2.45) is 5.92 Å². The average molecular weight is 299 g/mol. The van der Waals surface area contributed by atoms with Crippen LogP contribution in [0.25, 0.3) is 0 Å². The van der Waals surface area contributed by atoms with Gasteiger partial charge in [-0.05, 0) is 44.3 Å². The van der Waals surface area contributed by atoms with Crippen LogP contribution < -0.4 is 0 Å². The number of phenols is 2. The fourth-order valence-electron chi connectivity index (χ4n) is 2.52. The van der Waals surface area contributed by atoms with Gasteiger partial charge < -0.3 is 15.1 Å². The van der Waals surface area contributed by atoms with Crippen molar-refractivity contribution in [1.29, 1.82) is 0 Å². The van der Waals surface area contributed by atoms with E-state index in [2.05, 4.69) is 0 Å². The van der Waals surface area contributed by atoms with Crippen molar-refractivity contribution in [2.75, 3.05) is 20.6 Å². The first kappa shape index (κ1) is 16.0. The molecule has 0 radical (unpaired) electrons. The van der Waals surface area contributed by atoms with Crippen LogP contribution in [0, 0.1) is 5.92 Å². The fourth-order valence-corrected chi connectivity index (χ4v) is 2.52. The second-order valence-electron chi connectivity index (χ2n) is 5.71. The van der Waals surface area contributed by atoms with Gasteiger partial charge >= 0.3 is 0 Å². The standard InChI is InChI=1S/C18H21NO3/c1-19(2)12-14(10-13-6-4-3-5-7-13)18(22)16-11-15(20)8-9-17(16)21/h3-9,11,14,20-21H,10,12H2,1-2H3/t14-/m0/s1. The van der Waals surface area contributed by atoms with Gasteiger partial charge in [0.2, 0.25) is 0 Å². The predicted molar refractivity (Wildman–Crippen MR) is 86.3 cm³/mol. The van der Waals surface area contributed by atoms with E-state index in [1.54, 1.807) is 0 Å². The molecule has 0 aliphatic heterocycles. The third-order valence-corrected chi connectivity index (χ3v) is 3.53. The van der Waals surface area contributed by atoms with Gasteiger partial charge in [-0.1, -0.05) is 30.3 Å². The lowest BCUT2D eigenvalue weighted by atomic mass is 9.90. The summed E-state index contributed by atoms with van der Waals surface area (Å²) in [4.78, 5) is 14.7. The SMILES string of the molecule is CN(C)C[C@H](Cc1ccccc1)C(=O)c1cc(O)ccc1O. The molecule has 4 heteroatoms. The first-order chi connectivity index (χ1) is 10.5. The minimum atomic E-state index is -0.287. The van der Waals surface area contributed by atoms with Crippen LogP contribution in [0.4, 0.5) is 0 Å². The molecule has 0 heterocycles. The number of nitrogens with zero attached hydrogens (tertiary/aromatic N) is 1. The summed E-state index contributed by atoms with van der Waals surface area (Å²) in [5.41, 5.74) is 1.24. The summed E-state index contributed by atoms with van der Waals surface area (Å²) in [6.07, 6.45) is 0.590. The summed E-state index contributed by atoms with van der Waals surface area (Å²) < 4.78 is 0. The first-order valence-electron chi connectivity index (χ1n) is 7.22. The third-order valence-electron chi connectivity index (χ3n) is 3.53. The molecule has 0 unspecified atom stereocenters. The Bertz CT molecular complexity index is 638. The Morgan fingerprint density at radius 1 is 1.09 bits per heavy atom. The lowest BCUT2D eigenvalue weighted by molar-refractivity contribution is 0.0893. The van der Waals surface area contributed by atoms with Gasteiger partial charge in [-0.3, -0.25) is 4.79 Å². The molecule has 0 spiro atoms. The van der Waals surface area contributed by atoms with Crippen LogP contribution in [0.3, 0.4) is 0 Å². The Labute approximate surface area is 130 Å². The zero-order valence-electron chi connectivity index (χ0n) is 12.9. The van der Waals surface area contributed by atoms with Crippen molar-refractivity contribution >= 4 is 5.78 Å². The Morgan fingerprint density at radius 2 is 1.77 bits per heavy atom. The van der Waals surface area contributed by atoms with Crippen LogP contribution in [0.1, 0.15) is 15.9 Å². The van der Waals surface area contributed by atoms with E-state index in [9.17, 15) is 15.0 Å². The van der Waals surface area contributed by atoms with Gasteiger partial charge in [-0.25, -0.2) is 0 Å². The van der Waals surface area contributed by atoms with Crippen LogP contribution in [-0.2, 0) is 6.42 Å². The van der Waals surface area contributed by atoms with Crippen LogP contribution in [-0.4, -0.2) is 41.5 Å². The Hall–Kier alpha value is -2.33. The summed E-state index contributed by atoms with van der Waals surface area (Å²) in [7, 11) is 3.82. The van der Waals surface area contributed by atoms with Crippen LogP contribution in [0.2, 0.25) is 0 Å². The molecule has 0 bridgehead atoms. The summed E-state index contributed by atoms with van der Waals surface area (Å²) in [6.45, 7) is 0.572. The molecular weight excluding hydrogens is 278 g/mol. The second kappa shape index (κ2) is 7.09. The predicted octanol–water partition coefficient (Wildman–Crippen LogP) is 2.70. The minimum Gasteiger partial charge on any atom is -0.508 e. The minimum absolute atomic E-state index is 0.0236. The molecule has 0 saturated heterocycles. The van der Waals surface area contributed by atoms with E-state index in [1.165, 1.54) is 18.2 Å². The monoisotopic (exact) mass is 299 g/mol. The van der Waals surface area contributed by atoms with Gasteiger partial charge in [-0.2, -0.15) is 0 Å². The normalized spacial score (nSPS) is 12.3. The Kier molecular flexibility index (Phi) is 5.17. The molecule has 0 fully saturated rings. The molecule has 0 saturated carbocycles.